The van der Waals surface area contributed by atoms with Crippen LogP contribution in [0.15, 0.2) is 53.3 Å². The first-order valence-corrected chi connectivity index (χ1v) is 9.02. The molecule has 1 aliphatic rings. The summed E-state index contributed by atoms with van der Waals surface area (Å²) in [6, 6.07) is 15.8. The van der Waals surface area contributed by atoms with Gasteiger partial charge in [-0.25, -0.2) is 0 Å². The fraction of sp³-hybridized carbons (Fsp3) is 0.318. The Morgan fingerprint density at radius 3 is 2.44 bits per heavy atom. The van der Waals surface area contributed by atoms with Crippen LogP contribution in [0.1, 0.15) is 24.8 Å². The van der Waals surface area contributed by atoms with Gasteiger partial charge in [0, 0.05) is 22.9 Å². The second-order valence-electron chi connectivity index (χ2n) is 6.79. The van der Waals surface area contributed by atoms with E-state index in [1.807, 2.05) is 36.4 Å². The number of likely N-dealkylation sites (tertiary alicyclic amines) is 1. The van der Waals surface area contributed by atoms with Crippen molar-refractivity contribution in [2.75, 3.05) is 20.2 Å². The molecule has 1 saturated heterocycles. The largest absolute Gasteiger partial charge is 0.496 e. The SMILES string of the molecule is COc1ccc2c(=O)c3ccccc3ccc2c1CN1CCCCC1. The predicted molar refractivity (Wildman–Crippen MR) is 103 cm³/mol. The Bertz CT molecular complexity index is 974. The summed E-state index contributed by atoms with van der Waals surface area (Å²) in [4.78, 5) is 15.5. The maximum Gasteiger partial charge on any atom is 0.194 e. The van der Waals surface area contributed by atoms with Crippen molar-refractivity contribution >= 4 is 21.5 Å². The van der Waals surface area contributed by atoms with Gasteiger partial charge in [-0.3, -0.25) is 9.69 Å². The van der Waals surface area contributed by atoms with Gasteiger partial charge in [0.05, 0.1) is 7.11 Å². The van der Waals surface area contributed by atoms with Crippen molar-refractivity contribution < 1.29 is 4.74 Å². The van der Waals surface area contributed by atoms with Gasteiger partial charge in [0.2, 0.25) is 0 Å². The number of piperidine rings is 1. The third kappa shape index (κ3) is 3.00. The fourth-order valence-corrected chi connectivity index (χ4v) is 3.90. The molecule has 3 heteroatoms. The molecule has 3 aromatic carbocycles. The lowest BCUT2D eigenvalue weighted by atomic mass is 10.0. The lowest BCUT2D eigenvalue weighted by Crippen LogP contribution is -2.29. The number of methoxy groups -OCH3 is 1. The van der Waals surface area contributed by atoms with Crippen molar-refractivity contribution in [3.63, 3.8) is 0 Å². The van der Waals surface area contributed by atoms with E-state index in [1.54, 1.807) is 7.11 Å². The lowest BCUT2D eigenvalue weighted by Gasteiger charge is -2.27. The van der Waals surface area contributed by atoms with E-state index in [9.17, 15) is 4.79 Å². The molecule has 1 fully saturated rings. The van der Waals surface area contributed by atoms with Gasteiger partial charge in [0.1, 0.15) is 5.75 Å². The number of ether oxygens (including phenoxy) is 1. The average molecular weight is 333 g/mol. The molecule has 25 heavy (non-hydrogen) atoms. The monoisotopic (exact) mass is 333 g/mol. The molecule has 0 bridgehead atoms. The zero-order valence-electron chi connectivity index (χ0n) is 14.6. The van der Waals surface area contributed by atoms with Crippen molar-refractivity contribution in [2.45, 2.75) is 25.8 Å². The average Bonchev–Trinajstić information content (AvgIpc) is 2.81. The quantitative estimate of drug-likeness (QED) is 0.714. The summed E-state index contributed by atoms with van der Waals surface area (Å²) in [5, 5.41) is 3.53. The first kappa shape index (κ1) is 16.1. The Morgan fingerprint density at radius 1 is 0.880 bits per heavy atom. The zero-order chi connectivity index (χ0) is 17.2. The predicted octanol–water partition coefficient (Wildman–Crippen LogP) is 4.35. The first-order chi connectivity index (χ1) is 12.3. The highest BCUT2D eigenvalue weighted by Crippen LogP contribution is 2.29. The molecule has 128 valence electrons. The van der Waals surface area contributed by atoms with Crippen molar-refractivity contribution in [3.8, 4) is 5.75 Å². The topological polar surface area (TPSA) is 29.5 Å². The van der Waals surface area contributed by atoms with E-state index >= 15 is 0 Å². The summed E-state index contributed by atoms with van der Waals surface area (Å²) in [5.74, 6) is 0.868. The molecule has 0 atom stereocenters. The van der Waals surface area contributed by atoms with Gasteiger partial charge in [0.25, 0.3) is 0 Å². The highest BCUT2D eigenvalue weighted by Gasteiger charge is 2.16. The van der Waals surface area contributed by atoms with Crippen molar-refractivity contribution in [1.82, 2.24) is 4.90 Å². The lowest BCUT2D eigenvalue weighted by molar-refractivity contribution is 0.219. The molecule has 3 nitrogen and oxygen atoms in total. The highest BCUT2D eigenvalue weighted by atomic mass is 16.5. The maximum atomic E-state index is 13.1. The number of rotatable bonds is 3. The van der Waals surface area contributed by atoms with Gasteiger partial charge < -0.3 is 4.74 Å². The molecule has 0 N–H and O–H groups in total. The Kier molecular flexibility index (Phi) is 4.41. The minimum Gasteiger partial charge on any atom is -0.496 e. The van der Waals surface area contributed by atoms with E-state index in [1.165, 1.54) is 19.3 Å². The summed E-state index contributed by atoms with van der Waals surface area (Å²) < 4.78 is 5.63. The summed E-state index contributed by atoms with van der Waals surface area (Å²) in [6.45, 7) is 3.07. The molecule has 0 spiro atoms. The smallest absolute Gasteiger partial charge is 0.194 e. The third-order valence-corrected chi connectivity index (χ3v) is 5.24. The van der Waals surface area contributed by atoms with E-state index < -0.39 is 0 Å². The molecule has 1 aliphatic heterocycles. The fourth-order valence-electron chi connectivity index (χ4n) is 3.90. The summed E-state index contributed by atoms with van der Waals surface area (Å²) in [7, 11) is 1.71. The molecular formula is C22H23NO2. The Labute approximate surface area is 147 Å². The number of fused-ring (bicyclic) bond motifs is 2. The van der Waals surface area contributed by atoms with Crippen LogP contribution in [-0.4, -0.2) is 25.1 Å². The normalized spacial score (nSPS) is 15.6. The van der Waals surface area contributed by atoms with Crippen LogP contribution in [0.25, 0.3) is 21.5 Å². The van der Waals surface area contributed by atoms with Crippen LogP contribution in [0.4, 0.5) is 0 Å². The second-order valence-corrected chi connectivity index (χ2v) is 6.79. The number of nitrogens with zero attached hydrogens (tertiary/aromatic N) is 1. The van der Waals surface area contributed by atoms with Crippen molar-refractivity contribution in [3.05, 3.63) is 64.3 Å². The molecule has 3 aromatic rings. The van der Waals surface area contributed by atoms with E-state index in [4.69, 9.17) is 4.74 Å². The third-order valence-electron chi connectivity index (χ3n) is 5.24. The number of hydrogen-bond donors (Lipinski definition) is 0. The van der Waals surface area contributed by atoms with Crippen LogP contribution in [0.3, 0.4) is 0 Å². The minimum absolute atomic E-state index is 0.0955. The van der Waals surface area contributed by atoms with Crippen LogP contribution in [0, 0.1) is 0 Å². The molecule has 1 heterocycles. The van der Waals surface area contributed by atoms with Gasteiger partial charge >= 0.3 is 0 Å². The molecule has 0 amide bonds. The van der Waals surface area contributed by atoms with Gasteiger partial charge in [-0.05, 0) is 48.8 Å². The summed E-state index contributed by atoms with van der Waals surface area (Å²) >= 11 is 0. The Hall–Kier alpha value is -2.39. The summed E-state index contributed by atoms with van der Waals surface area (Å²) in [6.07, 6.45) is 3.81. The van der Waals surface area contributed by atoms with Crippen LogP contribution in [0.2, 0.25) is 0 Å². The van der Waals surface area contributed by atoms with E-state index in [2.05, 4.69) is 17.0 Å². The Morgan fingerprint density at radius 2 is 1.64 bits per heavy atom. The molecule has 4 rings (SSSR count). The standard InChI is InChI=1S/C22H23NO2/c1-25-21-12-11-19-18(20(21)15-23-13-5-2-6-14-23)10-9-16-7-3-4-8-17(16)22(19)24/h3-4,7-12H,2,5-6,13-15H2,1H3. The Balaban J connectivity index is 1.96. The molecule has 0 radical (unpaired) electrons. The number of hydrogen-bond acceptors (Lipinski definition) is 3. The van der Waals surface area contributed by atoms with Gasteiger partial charge in [-0.2, -0.15) is 0 Å². The van der Waals surface area contributed by atoms with Crippen LogP contribution in [0.5, 0.6) is 5.75 Å². The van der Waals surface area contributed by atoms with Crippen LogP contribution >= 0.6 is 0 Å². The second kappa shape index (κ2) is 6.85. The van der Waals surface area contributed by atoms with Crippen molar-refractivity contribution in [1.29, 1.82) is 0 Å². The summed E-state index contributed by atoms with van der Waals surface area (Å²) in [5.41, 5.74) is 1.22. The number of benzene rings is 2. The van der Waals surface area contributed by atoms with Crippen molar-refractivity contribution in [2.24, 2.45) is 0 Å². The van der Waals surface area contributed by atoms with Crippen LogP contribution in [-0.2, 0) is 6.54 Å². The van der Waals surface area contributed by atoms with Gasteiger partial charge in [0.15, 0.2) is 5.43 Å². The molecular weight excluding hydrogens is 310 g/mol. The molecule has 0 saturated carbocycles. The molecule has 0 aromatic heterocycles. The van der Waals surface area contributed by atoms with E-state index in [0.717, 1.165) is 52.5 Å². The minimum atomic E-state index is 0.0955. The zero-order valence-corrected chi connectivity index (χ0v) is 14.6. The van der Waals surface area contributed by atoms with E-state index in [0.29, 0.717) is 0 Å². The molecule has 0 unspecified atom stereocenters. The molecule has 0 aliphatic carbocycles. The van der Waals surface area contributed by atoms with E-state index in [-0.39, 0.29) is 5.43 Å². The first-order valence-electron chi connectivity index (χ1n) is 9.02. The van der Waals surface area contributed by atoms with Crippen LogP contribution < -0.4 is 10.2 Å². The highest BCUT2D eigenvalue weighted by molar-refractivity contribution is 5.95. The van der Waals surface area contributed by atoms with Gasteiger partial charge in [-0.15, -0.1) is 0 Å². The maximum absolute atomic E-state index is 13.1. The van der Waals surface area contributed by atoms with Gasteiger partial charge in [-0.1, -0.05) is 42.8 Å².